The largest absolute Gasteiger partial charge is 0.496 e. The SMILES string of the molecule is COc1ccc(NC(=O)NC2(CC(=O)O)CCC2)cc1C. The van der Waals surface area contributed by atoms with E-state index in [1.807, 2.05) is 13.0 Å². The molecule has 0 bridgehead atoms. The van der Waals surface area contributed by atoms with Crippen LogP contribution in [0.2, 0.25) is 0 Å². The van der Waals surface area contributed by atoms with Crippen molar-refractivity contribution in [3.8, 4) is 5.75 Å². The number of aliphatic carboxylic acids is 1. The number of benzene rings is 1. The molecule has 0 radical (unpaired) electrons. The number of carbonyl (C=O) groups excluding carboxylic acids is 1. The van der Waals surface area contributed by atoms with Gasteiger partial charge in [0.05, 0.1) is 19.1 Å². The van der Waals surface area contributed by atoms with E-state index in [2.05, 4.69) is 10.6 Å². The van der Waals surface area contributed by atoms with Crippen molar-refractivity contribution in [2.75, 3.05) is 12.4 Å². The van der Waals surface area contributed by atoms with Crippen molar-refractivity contribution < 1.29 is 19.4 Å². The smallest absolute Gasteiger partial charge is 0.319 e. The van der Waals surface area contributed by atoms with Gasteiger partial charge in [-0.3, -0.25) is 4.79 Å². The molecule has 2 rings (SSSR count). The van der Waals surface area contributed by atoms with Crippen LogP contribution in [0.3, 0.4) is 0 Å². The molecule has 3 N–H and O–H groups in total. The van der Waals surface area contributed by atoms with Gasteiger partial charge in [0.15, 0.2) is 0 Å². The van der Waals surface area contributed by atoms with Gasteiger partial charge in [-0.2, -0.15) is 0 Å². The molecule has 6 heteroatoms. The van der Waals surface area contributed by atoms with E-state index in [4.69, 9.17) is 9.84 Å². The van der Waals surface area contributed by atoms with Crippen molar-refractivity contribution in [1.29, 1.82) is 0 Å². The molecular weight excluding hydrogens is 272 g/mol. The topological polar surface area (TPSA) is 87.7 Å². The summed E-state index contributed by atoms with van der Waals surface area (Å²) in [5, 5.41) is 14.5. The van der Waals surface area contributed by atoms with Crippen LogP contribution in [0.5, 0.6) is 5.75 Å². The number of amides is 2. The minimum Gasteiger partial charge on any atom is -0.496 e. The zero-order chi connectivity index (χ0) is 15.5. The Morgan fingerprint density at radius 2 is 2.10 bits per heavy atom. The van der Waals surface area contributed by atoms with Gasteiger partial charge in [-0.15, -0.1) is 0 Å². The summed E-state index contributed by atoms with van der Waals surface area (Å²) >= 11 is 0. The second-order valence-corrected chi connectivity index (χ2v) is 5.47. The Bertz CT molecular complexity index is 553. The lowest BCUT2D eigenvalue weighted by atomic mass is 9.74. The molecule has 114 valence electrons. The van der Waals surface area contributed by atoms with Crippen molar-refractivity contribution in [1.82, 2.24) is 5.32 Å². The summed E-state index contributed by atoms with van der Waals surface area (Å²) in [6.45, 7) is 1.89. The van der Waals surface area contributed by atoms with Crippen LogP contribution in [0.25, 0.3) is 0 Å². The van der Waals surface area contributed by atoms with E-state index in [0.29, 0.717) is 18.5 Å². The fourth-order valence-electron chi connectivity index (χ4n) is 2.60. The first-order valence-corrected chi connectivity index (χ1v) is 6.90. The minimum absolute atomic E-state index is 0.0396. The summed E-state index contributed by atoms with van der Waals surface area (Å²) in [5.74, 6) is -0.141. The van der Waals surface area contributed by atoms with Crippen LogP contribution >= 0.6 is 0 Å². The molecule has 1 fully saturated rings. The van der Waals surface area contributed by atoms with Crippen molar-refractivity contribution >= 4 is 17.7 Å². The Morgan fingerprint density at radius 3 is 2.57 bits per heavy atom. The number of carboxylic acids is 1. The van der Waals surface area contributed by atoms with Gasteiger partial charge >= 0.3 is 12.0 Å². The van der Waals surface area contributed by atoms with Gasteiger partial charge in [0.25, 0.3) is 0 Å². The van der Waals surface area contributed by atoms with Crippen molar-refractivity contribution in [3.63, 3.8) is 0 Å². The Morgan fingerprint density at radius 1 is 1.38 bits per heavy atom. The quantitative estimate of drug-likeness (QED) is 0.778. The van der Waals surface area contributed by atoms with Crippen LogP contribution in [0.15, 0.2) is 18.2 Å². The maximum atomic E-state index is 12.0. The maximum Gasteiger partial charge on any atom is 0.319 e. The highest BCUT2D eigenvalue weighted by Gasteiger charge is 2.40. The standard InChI is InChI=1S/C15H20N2O4/c1-10-8-11(4-5-12(10)21-2)16-14(20)17-15(6-3-7-15)9-13(18)19/h4-5,8H,3,6-7,9H2,1-2H3,(H,18,19)(H2,16,17,20). The zero-order valence-corrected chi connectivity index (χ0v) is 12.2. The summed E-state index contributed by atoms with van der Waals surface area (Å²) in [4.78, 5) is 22.9. The number of carbonyl (C=O) groups is 2. The molecule has 1 aliphatic rings. The number of methoxy groups -OCH3 is 1. The minimum atomic E-state index is -0.893. The van der Waals surface area contributed by atoms with Crippen LogP contribution in [0.1, 0.15) is 31.2 Å². The van der Waals surface area contributed by atoms with Gasteiger partial charge < -0.3 is 20.5 Å². The number of hydrogen-bond donors (Lipinski definition) is 3. The molecule has 0 aromatic heterocycles. The highest BCUT2D eigenvalue weighted by Crippen LogP contribution is 2.35. The Balaban J connectivity index is 1.98. The number of carboxylic acid groups (broad SMARTS) is 1. The Kier molecular flexibility index (Phi) is 4.35. The summed E-state index contributed by atoms with van der Waals surface area (Å²) in [5.41, 5.74) is 0.965. The summed E-state index contributed by atoms with van der Waals surface area (Å²) in [6, 6.07) is 4.96. The molecule has 1 aliphatic carbocycles. The fraction of sp³-hybridized carbons (Fsp3) is 0.467. The Labute approximate surface area is 123 Å². The molecule has 0 aliphatic heterocycles. The summed E-state index contributed by atoms with van der Waals surface area (Å²) < 4.78 is 5.16. The van der Waals surface area contributed by atoms with E-state index >= 15 is 0 Å². The van der Waals surface area contributed by atoms with E-state index in [1.165, 1.54) is 0 Å². The third-order valence-electron chi connectivity index (χ3n) is 3.83. The van der Waals surface area contributed by atoms with E-state index in [1.54, 1.807) is 19.2 Å². The lowest BCUT2D eigenvalue weighted by Crippen LogP contribution is -2.55. The predicted molar refractivity (Wildman–Crippen MR) is 78.7 cm³/mol. The first-order chi connectivity index (χ1) is 9.94. The number of aryl methyl sites for hydroxylation is 1. The van der Waals surface area contributed by atoms with E-state index in [9.17, 15) is 9.59 Å². The molecular formula is C15H20N2O4. The van der Waals surface area contributed by atoms with Crippen LogP contribution in [0, 0.1) is 6.92 Å². The molecule has 6 nitrogen and oxygen atoms in total. The van der Waals surface area contributed by atoms with Crippen molar-refractivity contribution in [3.05, 3.63) is 23.8 Å². The van der Waals surface area contributed by atoms with Crippen LogP contribution in [0.4, 0.5) is 10.5 Å². The molecule has 0 spiro atoms. The normalized spacial score (nSPS) is 15.7. The highest BCUT2D eigenvalue weighted by molar-refractivity contribution is 5.90. The number of hydrogen-bond acceptors (Lipinski definition) is 3. The Hall–Kier alpha value is -2.24. The van der Waals surface area contributed by atoms with Crippen LogP contribution < -0.4 is 15.4 Å². The van der Waals surface area contributed by atoms with Gasteiger partial charge in [0.2, 0.25) is 0 Å². The lowest BCUT2D eigenvalue weighted by molar-refractivity contribution is -0.139. The van der Waals surface area contributed by atoms with E-state index in [-0.39, 0.29) is 12.5 Å². The number of anilines is 1. The van der Waals surface area contributed by atoms with Gasteiger partial charge in [-0.25, -0.2) is 4.79 Å². The predicted octanol–water partition coefficient (Wildman–Crippen LogP) is 2.52. The van der Waals surface area contributed by atoms with Gasteiger partial charge in [0.1, 0.15) is 5.75 Å². The zero-order valence-electron chi connectivity index (χ0n) is 12.2. The molecule has 1 saturated carbocycles. The first-order valence-electron chi connectivity index (χ1n) is 6.90. The molecule has 0 atom stereocenters. The summed E-state index contributed by atoms with van der Waals surface area (Å²) in [6.07, 6.45) is 2.31. The number of nitrogens with one attached hydrogen (secondary N) is 2. The fourth-order valence-corrected chi connectivity index (χ4v) is 2.60. The third kappa shape index (κ3) is 3.65. The van der Waals surface area contributed by atoms with Gasteiger partial charge in [-0.05, 0) is 49.9 Å². The average molecular weight is 292 g/mol. The first kappa shape index (κ1) is 15.2. The third-order valence-corrected chi connectivity index (χ3v) is 3.83. The lowest BCUT2D eigenvalue weighted by Gasteiger charge is -2.41. The van der Waals surface area contributed by atoms with Crippen LogP contribution in [-0.2, 0) is 4.79 Å². The van der Waals surface area contributed by atoms with Gasteiger partial charge in [-0.1, -0.05) is 0 Å². The van der Waals surface area contributed by atoms with Crippen molar-refractivity contribution in [2.24, 2.45) is 0 Å². The molecule has 1 aromatic carbocycles. The second-order valence-electron chi connectivity index (χ2n) is 5.47. The molecule has 0 saturated heterocycles. The van der Waals surface area contributed by atoms with Gasteiger partial charge in [0, 0.05) is 5.69 Å². The van der Waals surface area contributed by atoms with E-state index in [0.717, 1.165) is 17.7 Å². The second kappa shape index (κ2) is 6.03. The van der Waals surface area contributed by atoms with Crippen LogP contribution in [-0.4, -0.2) is 29.8 Å². The molecule has 2 amide bonds. The molecule has 0 unspecified atom stereocenters. The summed E-state index contributed by atoms with van der Waals surface area (Å²) in [7, 11) is 1.59. The van der Waals surface area contributed by atoms with Crippen molar-refractivity contribution in [2.45, 2.75) is 38.1 Å². The number of ether oxygens (including phenoxy) is 1. The number of urea groups is 1. The molecule has 0 heterocycles. The average Bonchev–Trinajstić information content (AvgIpc) is 2.35. The highest BCUT2D eigenvalue weighted by atomic mass is 16.5. The maximum absolute atomic E-state index is 12.0. The monoisotopic (exact) mass is 292 g/mol. The number of rotatable bonds is 5. The molecule has 1 aromatic rings. The molecule has 21 heavy (non-hydrogen) atoms. The van der Waals surface area contributed by atoms with E-state index < -0.39 is 11.5 Å².